The largest absolute Gasteiger partial charge is 0.463 e. The molecule has 0 saturated heterocycles. The molecule has 0 aliphatic carbocycles. The fourth-order valence-corrected chi connectivity index (χ4v) is 3.06. The lowest BCUT2D eigenvalue weighted by molar-refractivity contribution is 0.560. The summed E-state index contributed by atoms with van der Waals surface area (Å²) in [5, 5.41) is 16.1. The van der Waals surface area contributed by atoms with E-state index in [0.717, 1.165) is 0 Å². The maximum absolute atomic E-state index is 6.30. The first-order valence-corrected chi connectivity index (χ1v) is 9.15. The van der Waals surface area contributed by atoms with Crippen LogP contribution in [0.3, 0.4) is 0 Å². The Morgan fingerprint density at radius 2 is 0.929 bits per heavy atom. The molecule has 3 aromatic rings. The summed E-state index contributed by atoms with van der Waals surface area (Å²) in [5.74, 6) is 1.10. The van der Waals surface area contributed by atoms with E-state index < -0.39 is 0 Å². The highest BCUT2D eigenvalue weighted by molar-refractivity contribution is 6.51. The Balaban J connectivity index is 1.82. The van der Waals surface area contributed by atoms with Crippen LogP contribution in [0.1, 0.15) is 22.6 Å². The summed E-state index contributed by atoms with van der Waals surface area (Å²) >= 11 is 25.2. The van der Waals surface area contributed by atoms with Gasteiger partial charge in [0.1, 0.15) is 11.5 Å². The van der Waals surface area contributed by atoms with Crippen molar-refractivity contribution in [3.05, 3.63) is 79.5 Å². The van der Waals surface area contributed by atoms with Crippen molar-refractivity contribution in [2.75, 3.05) is 0 Å². The van der Waals surface area contributed by atoms with Crippen LogP contribution in [0.5, 0.6) is 0 Å². The lowest BCUT2D eigenvalue weighted by Gasteiger charge is -2.09. The molecule has 6 nitrogen and oxygen atoms in total. The summed E-state index contributed by atoms with van der Waals surface area (Å²) < 4.78 is 10.2. The molecular formula is C18H10Cl4N4O2. The van der Waals surface area contributed by atoms with E-state index in [1.165, 1.54) is 37.4 Å². The highest BCUT2D eigenvalue weighted by Gasteiger charge is 2.18. The van der Waals surface area contributed by atoms with Crippen molar-refractivity contribution in [3.63, 3.8) is 0 Å². The van der Waals surface area contributed by atoms with Crippen molar-refractivity contribution in [3.8, 4) is 0 Å². The van der Waals surface area contributed by atoms with Gasteiger partial charge in [0.25, 0.3) is 0 Å². The molecule has 0 amide bonds. The van der Waals surface area contributed by atoms with Crippen molar-refractivity contribution in [2.45, 2.75) is 0 Å². The molecule has 0 atom stereocenters. The van der Waals surface area contributed by atoms with Crippen LogP contribution >= 0.6 is 46.4 Å². The number of nitrogens with zero attached hydrogens (tertiary/aromatic N) is 4. The van der Waals surface area contributed by atoms with Crippen LogP contribution in [0.2, 0.25) is 20.1 Å². The van der Waals surface area contributed by atoms with Crippen molar-refractivity contribution in [1.29, 1.82) is 0 Å². The molecule has 1 aromatic carbocycles. The van der Waals surface area contributed by atoms with Gasteiger partial charge in [0.05, 0.1) is 57.5 Å². The molecule has 0 saturated carbocycles. The van der Waals surface area contributed by atoms with Crippen molar-refractivity contribution in [1.82, 2.24) is 0 Å². The molecule has 0 spiro atoms. The summed E-state index contributed by atoms with van der Waals surface area (Å²) in [6, 6.07) is 6.93. The third-order valence-electron chi connectivity index (χ3n) is 3.29. The number of furan rings is 2. The molecule has 2 heterocycles. The van der Waals surface area contributed by atoms with Crippen LogP contribution in [0, 0.1) is 0 Å². The zero-order valence-electron chi connectivity index (χ0n) is 13.9. The van der Waals surface area contributed by atoms with Gasteiger partial charge in [-0.15, -0.1) is 0 Å². The van der Waals surface area contributed by atoms with Crippen LogP contribution < -0.4 is 0 Å². The van der Waals surface area contributed by atoms with Crippen molar-refractivity contribution >= 4 is 71.3 Å². The predicted molar refractivity (Wildman–Crippen MR) is 114 cm³/mol. The van der Waals surface area contributed by atoms with E-state index in [9.17, 15) is 0 Å². The van der Waals surface area contributed by atoms with E-state index >= 15 is 0 Å². The average molecular weight is 456 g/mol. The standard InChI is InChI=1S/C18H10Cl4N4O2/c19-15-13(9-25-23-7-11-3-1-5-27-11)16(20)18(22)14(17(15)21)10-26-24-8-12-4-2-6-28-12/h1-10H/b23-7-,24-8+,25-9-,26-10+. The van der Waals surface area contributed by atoms with Crippen molar-refractivity contribution < 1.29 is 8.83 Å². The van der Waals surface area contributed by atoms with Gasteiger partial charge in [-0.3, -0.25) is 0 Å². The Labute approximate surface area is 179 Å². The Kier molecular flexibility index (Phi) is 7.06. The van der Waals surface area contributed by atoms with Gasteiger partial charge >= 0.3 is 0 Å². The number of hydrogen-bond acceptors (Lipinski definition) is 6. The predicted octanol–water partition coefficient (Wildman–Crippen LogP) is 6.39. The SMILES string of the molecule is Clc1c(Cl)c(/C=N/N=C/c2ccco2)c(Cl)c(Cl)c1/C=N\N=C/c1ccco1. The minimum absolute atomic E-state index is 0.157. The van der Waals surface area contributed by atoms with Gasteiger partial charge in [-0.25, -0.2) is 0 Å². The number of rotatable bonds is 6. The fraction of sp³-hybridized carbons (Fsp3) is 0. The molecule has 0 aliphatic rings. The summed E-state index contributed by atoms with van der Waals surface area (Å²) in [6.45, 7) is 0. The monoisotopic (exact) mass is 454 g/mol. The Hall–Kier alpha value is -2.38. The highest BCUT2D eigenvalue weighted by atomic mass is 35.5. The lowest BCUT2D eigenvalue weighted by atomic mass is 10.1. The third kappa shape index (κ3) is 4.91. The van der Waals surface area contributed by atoms with E-state index in [-0.39, 0.29) is 20.1 Å². The zero-order valence-corrected chi connectivity index (χ0v) is 16.9. The first kappa shape index (κ1) is 20.4. The van der Waals surface area contributed by atoms with Gasteiger partial charge in [-0.2, -0.15) is 20.4 Å². The van der Waals surface area contributed by atoms with E-state index in [1.807, 2.05) is 0 Å². The van der Waals surface area contributed by atoms with Crippen LogP contribution in [-0.2, 0) is 0 Å². The number of benzene rings is 1. The molecule has 142 valence electrons. The van der Waals surface area contributed by atoms with E-state index in [1.54, 1.807) is 24.3 Å². The second-order valence-electron chi connectivity index (χ2n) is 5.09. The number of hydrogen-bond donors (Lipinski definition) is 0. The number of halogens is 4. The minimum atomic E-state index is 0.157. The van der Waals surface area contributed by atoms with E-state index in [0.29, 0.717) is 22.6 Å². The van der Waals surface area contributed by atoms with Gasteiger partial charge in [0.15, 0.2) is 0 Å². The summed E-state index contributed by atoms with van der Waals surface area (Å²) in [7, 11) is 0. The van der Waals surface area contributed by atoms with Crippen LogP contribution in [0.15, 0.2) is 66.0 Å². The quantitative estimate of drug-likeness (QED) is 0.245. The summed E-state index contributed by atoms with van der Waals surface area (Å²) in [4.78, 5) is 0. The molecule has 10 heteroatoms. The molecule has 0 unspecified atom stereocenters. The Bertz CT molecular complexity index is 942. The Morgan fingerprint density at radius 3 is 1.25 bits per heavy atom. The molecule has 0 radical (unpaired) electrons. The summed E-state index contributed by atoms with van der Waals surface area (Å²) in [5.41, 5.74) is 0.650. The van der Waals surface area contributed by atoms with Gasteiger partial charge in [0, 0.05) is 11.1 Å². The minimum Gasteiger partial charge on any atom is -0.463 e. The maximum Gasteiger partial charge on any atom is 0.146 e. The van der Waals surface area contributed by atoms with Gasteiger partial charge in [0.2, 0.25) is 0 Å². The second-order valence-corrected chi connectivity index (χ2v) is 6.60. The third-order valence-corrected chi connectivity index (χ3v) is 5.06. The van der Waals surface area contributed by atoms with E-state index in [2.05, 4.69) is 20.4 Å². The average Bonchev–Trinajstić information content (AvgIpc) is 3.39. The molecule has 2 aromatic heterocycles. The van der Waals surface area contributed by atoms with Crippen LogP contribution in [-0.4, -0.2) is 24.9 Å². The van der Waals surface area contributed by atoms with Crippen LogP contribution in [0.4, 0.5) is 0 Å². The Morgan fingerprint density at radius 1 is 0.571 bits per heavy atom. The second kappa shape index (κ2) is 9.71. The molecule has 0 bridgehead atoms. The first-order valence-electron chi connectivity index (χ1n) is 7.63. The zero-order chi connectivity index (χ0) is 19.9. The molecular weight excluding hydrogens is 446 g/mol. The fourth-order valence-electron chi connectivity index (χ4n) is 1.98. The smallest absolute Gasteiger partial charge is 0.146 e. The summed E-state index contributed by atoms with van der Waals surface area (Å²) in [6.07, 6.45) is 8.60. The lowest BCUT2D eigenvalue weighted by Crippen LogP contribution is -1.95. The van der Waals surface area contributed by atoms with Gasteiger partial charge in [-0.1, -0.05) is 46.4 Å². The van der Waals surface area contributed by atoms with Gasteiger partial charge < -0.3 is 8.83 Å². The van der Waals surface area contributed by atoms with Gasteiger partial charge in [-0.05, 0) is 24.3 Å². The molecule has 0 aliphatic heterocycles. The topological polar surface area (TPSA) is 75.7 Å². The van der Waals surface area contributed by atoms with E-state index in [4.69, 9.17) is 55.2 Å². The van der Waals surface area contributed by atoms with Crippen molar-refractivity contribution in [2.24, 2.45) is 20.4 Å². The molecule has 0 fully saturated rings. The molecule has 0 N–H and O–H groups in total. The highest BCUT2D eigenvalue weighted by Crippen LogP contribution is 2.39. The normalized spacial score (nSPS) is 12.4. The first-order chi connectivity index (χ1) is 13.6. The molecule has 3 rings (SSSR count). The molecule has 28 heavy (non-hydrogen) atoms. The maximum atomic E-state index is 6.30. The van der Waals surface area contributed by atoms with Crippen LogP contribution in [0.25, 0.3) is 0 Å².